The average molecular weight is 681 g/mol. The molecule has 8 aromatic carbocycles. The minimum atomic E-state index is -0.350. The second-order valence-electron chi connectivity index (χ2n) is 13.9. The Morgan fingerprint density at radius 2 is 0.566 bits per heavy atom. The maximum absolute atomic E-state index is 2.48. The van der Waals surface area contributed by atoms with E-state index in [1.54, 1.807) is 0 Å². The van der Waals surface area contributed by atoms with E-state index in [-0.39, 0.29) is 5.41 Å². The largest absolute Gasteiger partial charge is 0.310 e. The molecule has 254 valence electrons. The van der Waals surface area contributed by atoms with Crippen molar-refractivity contribution in [2.75, 3.05) is 9.80 Å². The Kier molecular flexibility index (Phi) is 8.63. The lowest BCUT2D eigenvalue weighted by Crippen LogP contribution is -2.31. The van der Waals surface area contributed by atoms with Gasteiger partial charge in [-0.2, -0.15) is 0 Å². The Balaban J connectivity index is 1.30. The van der Waals surface area contributed by atoms with Crippen LogP contribution in [0.5, 0.6) is 0 Å². The lowest BCUT2D eigenvalue weighted by molar-refractivity contribution is 0.520. The normalized spacial score (nSPS) is 12.5. The molecule has 0 heterocycles. The summed E-state index contributed by atoms with van der Waals surface area (Å²) in [6, 6.07) is 79.3. The van der Waals surface area contributed by atoms with E-state index >= 15 is 0 Å². The Morgan fingerprint density at radius 3 is 0.868 bits per heavy atom. The van der Waals surface area contributed by atoms with Crippen molar-refractivity contribution in [3.05, 3.63) is 241 Å². The molecule has 0 N–H and O–H groups in total. The van der Waals surface area contributed by atoms with Gasteiger partial charge < -0.3 is 9.80 Å². The van der Waals surface area contributed by atoms with E-state index < -0.39 is 0 Å². The summed E-state index contributed by atoms with van der Waals surface area (Å²) in [5.41, 5.74) is 14.4. The molecule has 0 unspecified atom stereocenters. The van der Waals surface area contributed by atoms with Crippen molar-refractivity contribution in [3.63, 3.8) is 0 Å². The first kappa shape index (κ1) is 32.3. The van der Waals surface area contributed by atoms with Crippen LogP contribution >= 0.6 is 0 Å². The molecule has 0 radical (unpaired) electrons. The van der Waals surface area contributed by atoms with Gasteiger partial charge >= 0.3 is 0 Å². The van der Waals surface area contributed by atoms with Crippen LogP contribution in [0.2, 0.25) is 0 Å². The van der Waals surface area contributed by atoms with E-state index in [1.165, 1.54) is 33.4 Å². The van der Waals surface area contributed by atoms with Crippen molar-refractivity contribution in [1.29, 1.82) is 0 Å². The van der Waals surface area contributed by atoms with Gasteiger partial charge in [0.1, 0.15) is 0 Å². The summed E-state index contributed by atoms with van der Waals surface area (Å²) in [5, 5.41) is 0. The van der Waals surface area contributed by atoms with Gasteiger partial charge in [0.2, 0.25) is 0 Å². The van der Waals surface area contributed by atoms with E-state index in [1.807, 2.05) is 0 Å². The van der Waals surface area contributed by atoms with Gasteiger partial charge in [0, 0.05) is 39.5 Å². The fraction of sp³-hybridized carbons (Fsp3) is 0.0588. The highest BCUT2D eigenvalue weighted by atomic mass is 15.1. The molecule has 0 aromatic heterocycles. The minimum Gasteiger partial charge on any atom is -0.310 e. The topological polar surface area (TPSA) is 6.48 Å². The molecule has 0 fully saturated rings. The molecule has 2 nitrogen and oxygen atoms in total. The van der Waals surface area contributed by atoms with Crippen LogP contribution in [0.15, 0.2) is 218 Å². The van der Waals surface area contributed by atoms with Crippen molar-refractivity contribution in [2.45, 2.75) is 18.3 Å². The molecule has 2 heteroatoms. The zero-order valence-corrected chi connectivity index (χ0v) is 29.6. The third-order valence-electron chi connectivity index (χ3n) is 10.6. The number of para-hydroxylation sites is 4. The van der Waals surface area contributed by atoms with Gasteiger partial charge in [0.25, 0.3) is 0 Å². The van der Waals surface area contributed by atoms with Crippen molar-refractivity contribution in [2.24, 2.45) is 0 Å². The number of rotatable bonds is 10. The molecule has 0 bridgehead atoms. The van der Waals surface area contributed by atoms with Crippen LogP contribution in [0.4, 0.5) is 34.1 Å². The van der Waals surface area contributed by atoms with Crippen molar-refractivity contribution >= 4 is 34.1 Å². The summed E-state index contributed by atoms with van der Waals surface area (Å²) >= 11 is 0. The Hall–Kier alpha value is -6.64. The lowest BCUT2D eigenvalue weighted by Gasteiger charge is -2.35. The van der Waals surface area contributed by atoms with Gasteiger partial charge in [-0.05, 0) is 119 Å². The van der Waals surface area contributed by atoms with Crippen LogP contribution in [-0.4, -0.2) is 0 Å². The molecule has 0 saturated carbocycles. The number of anilines is 6. The second kappa shape index (κ2) is 14.2. The average Bonchev–Trinajstić information content (AvgIpc) is 3.48. The van der Waals surface area contributed by atoms with Gasteiger partial charge in [-0.3, -0.25) is 0 Å². The molecule has 0 saturated heterocycles. The van der Waals surface area contributed by atoms with E-state index in [0.29, 0.717) is 0 Å². The molecular formula is C51H40N2. The molecule has 0 atom stereocenters. The highest BCUT2D eigenvalue weighted by Crippen LogP contribution is 2.55. The first-order valence-electron chi connectivity index (χ1n) is 18.4. The van der Waals surface area contributed by atoms with E-state index in [4.69, 9.17) is 0 Å². The smallest absolute Gasteiger partial charge is 0.0465 e. The summed E-state index contributed by atoms with van der Waals surface area (Å²) < 4.78 is 0. The van der Waals surface area contributed by atoms with Crippen LogP contribution in [0.1, 0.15) is 22.3 Å². The zero-order valence-electron chi connectivity index (χ0n) is 29.6. The van der Waals surface area contributed by atoms with Crippen LogP contribution < -0.4 is 9.80 Å². The van der Waals surface area contributed by atoms with Gasteiger partial charge in [0.05, 0.1) is 0 Å². The monoisotopic (exact) mass is 680 g/mol. The van der Waals surface area contributed by atoms with Crippen molar-refractivity contribution in [1.82, 2.24) is 0 Å². The fourth-order valence-electron chi connectivity index (χ4n) is 8.28. The Labute approximate surface area is 312 Å². The predicted octanol–water partition coefficient (Wildman–Crippen LogP) is 13.4. The number of hydrogen-bond acceptors (Lipinski definition) is 2. The van der Waals surface area contributed by atoms with Gasteiger partial charge in [0.15, 0.2) is 0 Å². The molecule has 0 spiro atoms. The van der Waals surface area contributed by atoms with Crippen molar-refractivity contribution < 1.29 is 0 Å². The summed E-state index contributed by atoms with van der Waals surface area (Å²) in [6.45, 7) is 0. The second-order valence-corrected chi connectivity index (χ2v) is 13.9. The maximum Gasteiger partial charge on any atom is 0.0465 e. The summed E-state index contributed by atoms with van der Waals surface area (Å²) in [6.07, 6.45) is 1.73. The first-order chi connectivity index (χ1) is 26.3. The van der Waals surface area contributed by atoms with Crippen LogP contribution in [0.3, 0.4) is 0 Å². The van der Waals surface area contributed by atoms with Gasteiger partial charge in [-0.1, -0.05) is 146 Å². The molecule has 53 heavy (non-hydrogen) atoms. The number of fused-ring (bicyclic) bond motifs is 3. The van der Waals surface area contributed by atoms with Gasteiger partial charge in [-0.25, -0.2) is 0 Å². The molecular weight excluding hydrogens is 641 g/mol. The predicted molar refractivity (Wildman–Crippen MR) is 222 cm³/mol. The molecule has 1 aliphatic rings. The summed E-state index contributed by atoms with van der Waals surface area (Å²) in [4.78, 5) is 4.77. The fourth-order valence-corrected chi connectivity index (χ4v) is 8.28. The first-order valence-corrected chi connectivity index (χ1v) is 18.4. The number of hydrogen-bond donors (Lipinski definition) is 0. The maximum atomic E-state index is 2.48. The van der Waals surface area contributed by atoms with Crippen molar-refractivity contribution in [3.8, 4) is 11.1 Å². The third-order valence-corrected chi connectivity index (χ3v) is 10.6. The van der Waals surface area contributed by atoms with E-state index in [2.05, 4.69) is 228 Å². The Bertz CT molecular complexity index is 2170. The van der Waals surface area contributed by atoms with E-state index in [9.17, 15) is 0 Å². The number of nitrogens with zero attached hydrogens (tertiary/aromatic N) is 2. The summed E-state index contributed by atoms with van der Waals surface area (Å²) in [7, 11) is 0. The molecule has 8 aromatic rings. The molecule has 0 aliphatic heterocycles. The van der Waals surface area contributed by atoms with Crippen LogP contribution in [0, 0.1) is 0 Å². The molecule has 9 rings (SSSR count). The highest BCUT2D eigenvalue weighted by molar-refractivity contribution is 5.89. The lowest BCUT2D eigenvalue weighted by atomic mass is 9.69. The third kappa shape index (κ3) is 6.19. The van der Waals surface area contributed by atoms with Crippen LogP contribution in [0.25, 0.3) is 11.1 Å². The highest BCUT2D eigenvalue weighted by Gasteiger charge is 2.44. The quantitative estimate of drug-likeness (QED) is 0.142. The van der Waals surface area contributed by atoms with Crippen LogP contribution in [-0.2, 0) is 18.3 Å². The standard InChI is InChI=1S/C51H40N2/c1-7-19-39(20-8-1)37-51(38-40-21-9-2-10-22-40)49-35-45(52(41-23-11-3-12-24-41)42-25-13-4-14-26-42)31-33-47(49)48-34-32-46(36-50(48)51)53(43-27-15-5-16-28-43)44-29-17-6-18-30-44/h1-36H,37-38H2. The zero-order chi connectivity index (χ0) is 35.5. The van der Waals surface area contributed by atoms with E-state index in [0.717, 1.165) is 47.0 Å². The SMILES string of the molecule is c1ccc(CC2(Cc3ccccc3)c3cc(N(c4ccccc4)c4ccccc4)ccc3-c3ccc(N(c4ccccc4)c4ccccc4)cc32)cc1. The Morgan fingerprint density at radius 1 is 0.283 bits per heavy atom. The number of benzene rings is 8. The molecule has 0 amide bonds. The molecule has 1 aliphatic carbocycles. The van der Waals surface area contributed by atoms with Gasteiger partial charge in [-0.15, -0.1) is 0 Å². The summed E-state index contributed by atoms with van der Waals surface area (Å²) in [5.74, 6) is 0. The minimum absolute atomic E-state index is 0.350.